The third kappa shape index (κ3) is 3.59. The molecule has 4 nitrogen and oxygen atoms in total. The van der Waals surface area contributed by atoms with Gasteiger partial charge in [0.1, 0.15) is 0 Å². The summed E-state index contributed by atoms with van der Waals surface area (Å²) in [7, 11) is -1.73. The first kappa shape index (κ1) is 15.5. The van der Waals surface area contributed by atoms with Crippen LogP contribution in [0.15, 0.2) is 29.2 Å². The van der Waals surface area contributed by atoms with Gasteiger partial charge in [0.05, 0.1) is 11.5 Å². The molecule has 1 aromatic carbocycles. The zero-order valence-corrected chi connectivity index (χ0v) is 13.0. The lowest BCUT2D eigenvalue weighted by atomic mass is 10.1. The van der Waals surface area contributed by atoms with E-state index in [1.54, 1.807) is 19.2 Å². The standard InChI is InChI=1S/C15H23NO3S/c1-3-4-13-5-7-15(8-6-13)20(17,18)16(2)11-14-9-10-19-12-14/h5-8,14H,3-4,9-12H2,1-2H3. The van der Waals surface area contributed by atoms with E-state index >= 15 is 0 Å². The van der Waals surface area contributed by atoms with Gasteiger partial charge in [-0.15, -0.1) is 0 Å². The highest BCUT2D eigenvalue weighted by Crippen LogP contribution is 2.20. The molecule has 0 aromatic heterocycles. The van der Waals surface area contributed by atoms with Crippen LogP contribution in [0.4, 0.5) is 0 Å². The molecule has 1 atom stereocenters. The van der Waals surface area contributed by atoms with Crippen LogP contribution < -0.4 is 0 Å². The fraction of sp³-hybridized carbons (Fsp3) is 0.600. The fourth-order valence-corrected chi connectivity index (χ4v) is 3.73. The Morgan fingerprint density at radius 1 is 1.30 bits per heavy atom. The number of sulfonamides is 1. The summed E-state index contributed by atoms with van der Waals surface area (Å²) in [6.07, 6.45) is 2.98. The molecule has 1 aliphatic heterocycles. The summed E-state index contributed by atoms with van der Waals surface area (Å²) in [6.45, 7) is 4.04. The van der Waals surface area contributed by atoms with Crippen LogP contribution in [0.5, 0.6) is 0 Å². The molecule has 112 valence electrons. The van der Waals surface area contributed by atoms with E-state index in [-0.39, 0.29) is 0 Å². The van der Waals surface area contributed by atoms with Crippen molar-refractivity contribution in [3.8, 4) is 0 Å². The Morgan fingerprint density at radius 3 is 2.55 bits per heavy atom. The SMILES string of the molecule is CCCc1ccc(S(=O)(=O)N(C)CC2CCOC2)cc1. The molecule has 1 aliphatic rings. The molecule has 0 spiro atoms. The van der Waals surface area contributed by atoms with Gasteiger partial charge in [0.2, 0.25) is 10.0 Å². The second-order valence-corrected chi connectivity index (χ2v) is 7.45. The van der Waals surface area contributed by atoms with Gasteiger partial charge in [-0.25, -0.2) is 12.7 Å². The van der Waals surface area contributed by atoms with Crippen molar-refractivity contribution in [1.82, 2.24) is 4.31 Å². The molecule has 0 saturated carbocycles. The van der Waals surface area contributed by atoms with Crippen LogP contribution in [-0.4, -0.2) is 39.5 Å². The molecule has 1 saturated heterocycles. The first-order chi connectivity index (χ1) is 9.54. The van der Waals surface area contributed by atoms with Crippen LogP contribution in [0.3, 0.4) is 0 Å². The van der Waals surface area contributed by atoms with Gasteiger partial charge < -0.3 is 4.74 Å². The molecule has 1 fully saturated rings. The molecule has 0 aliphatic carbocycles. The second kappa shape index (κ2) is 6.70. The smallest absolute Gasteiger partial charge is 0.242 e. The maximum atomic E-state index is 12.5. The first-order valence-corrected chi connectivity index (χ1v) is 8.61. The largest absolute Gasteiger partial charge is 0.381 e. The Kier molecular flexibility index (Phi) is 5.18. The summed E-state index contributed by atoms with van der Waals surface area (Å²) in [4.78, 5) is 0.374. The van der Waals surface area contributed by atoms with Crippen molar-refractivity contribution in [2.45, 2.75) is 31.1 Å². The van der Waals surface area contributed by atoms with E-state index in [9.17, 15) is 8.42 Å². The quantitative estimate of drug-likeness (QED) is 0.809. The lowest BCUT2D eigenvalue weighted by Gasteiger charge is -2.20. The van der Waals surface area contributed by atoms with Crippen LogP contribution in [-0.2, 0) is 21.2 Å². The topological polar surface area (TPSA) is 46.6 Å². The third-order valence-electron chi connectivity index (χ3n) is 3.71. The molecule has 1 aromatic rings. The normalized spacial score (nSPS) is 19.6. The first-order valence-electron chi connectivity index (χ1n) is 7.17. The van der Waals surface area contributed by atoms with E-state index in [2.05, 4.69) is 6.92 Å². The van der Waals surface area contributed by atoms with E-state index in [1.807, 2.05) is 12.1 Å². The van der Waals surface area contributed by atoms with E-state index in [4.69, 9.17) is 4.74 Å². The average Bonchev–Trinajstić information content (AvgIpc) is 2.92. The van der Waals surface area contributed by atoms with E-state index in [1.165, 1.54) is 9.87 Å². The van der Waals surface area contributed by atoms with Gasteiger partial charge in [0.15, 0.2) is 0 Å². The Labute approximate surface area is 121 Å². The summed E-state index contributed by atoms with van der Waals surface area (Å²) >= 11 is 0. The van der Waals surface area contributed by atoms with E-state index < -0.39 is 10.0 Å². The van der Waals surface area contributed by atoms with Gasteiger partial charge in [0.25, 0.3) is 0 Å². The number of hydrogen-bond acceptors (Lipinski definition) is 3. The molecular formula is C15H23NO3S. The van der Waals surface area contributed by atoms with Gasteiger partial charge in [-0.1, -0.05) is 25.5 Å². The van der Waals surface area contributed by atoms with Crippen molar-refractivity contribution in [2.75, 3.05) is 26.8 Å². The maximum absolute atomic E-state index is 12.5. The van der Waals surface area contributed by atoms with Crippen molar-refractivity contribution in [1.29, 1.82) is 0 Å². The van der Waals surface area contributed by atoms with Gasteiger partial charge in [-0.2, -0.15) is 0 Å². The molecule has 0 N–H and O–H groups in total. The predicted molar refractivity (Wildman–Crippen MR) is 79.2 cm³/mol. The van der Waals surface area contributed by atoms with Crippen LogP contribution in [0, 0.1) is 5.92 Å². The summed E-state index contributed by atoms with van der Waals surface area (Å²) in [6, 6.07) is 7.23. The molecule has 0 radical (unpaired) electrons. The number of benzene rings is 1. The van der Waals surface area contributed by atoms with Crippen LogP contribution in [0.2, 0.25) is 0 Å². The fourth-order valence-electron chi connectivity index (χ4n) is 2.49. The third-order valence-corrected chi connectivity index (χ3v) is 5.55. The van der Waals surface area contributed by atoms with Crippen LogP contribution >= 0.6 is 0 Å². The molecular weight excluding hydrogens is 274 g/mol. The number of hydrogen-bond donors (Lipinski definition) is 0. The van der Waals surface area contributed by atoms with Crippen molar-refractivity contribution in [2.24, 2.45) is 5.92 Å². The van der Waals surface area contributed by atoms with Crippen molar-refractivity contribution < 1.29 is 13.2 Å². The average molecular weight is 297 g/mol. The number of rotatable bonds is 6. The van der Waals surface area contributed by atoms with Gasteiger partial charge >= 0.3 is 0 Å². The Hall–Kier alpha value is -0.910. The summed E-state index contributed by atoms with van der Waals surface area (Å²) in [5, 5.41) is 0. The van der Waals surface area contributed by atoms with Crippen molar-refractivity contribution >= 4 is 10.0 Å². The zero-order valence-electron chi connectivity index (χ0n) is 12.2. The minimum atomic E-state index is -3.38. The molecule has 5 heteroatoms. The van der Waals surface area contributed by atoms with Gasteiger partial charge in [-0.3, -0.25) is 0 Å². The number of nitrogens with zero attached hydrogens (tertiary/aromatic N) is 1. The molecule has 2 rings (SSSR count). The molecule has 0 amide bonds. The highest BCUT2D eigenvalue weighted by Gasteiger charge is 2.25. The summed E-state index contributed by atoms with van der Waals surface area (Å²) in [5.74, 6) is 0.314. The van der Waals surface area contributed by atoms with E-state index in [0.29, 0.717) is 24.0 Å². The van der Waals surface area contributed by atoms with Gasteiger partial charge in [-0.05, 0) is 36.5 Å². The minimum Gasteiger partial charge on any atom is -0.381 e. The zero-order chi connectivity index (χ0) is 14.6. The Morgan fingerprint density at radius 2 is 2.00 bits per heavy atom. The summed E-state index contributed by atoms with van der Waals surface area (Å²) < 4.78 is 31.7. The van der Waals surface area contributed by atoms with Crippen LogP contribution in [0.1, 0.15) is 25.3 Å². The van der Waals surface area contributed by atoms with Crippen LogP contribution in [0.25, 0.3) is 0 Å². The molecule has 0 bridgehead atoms. The van der Waals surface area contributed by atoms with Gasteiger partial charge in [0, 0.05) is 20.2 Å². The number of ether oxygens (including phenoxy) is 1. The Balaban J connectivity index is 2.07. The molecule has 1 unspecified atom stereocenters. The van der Waals surface area contributed by atoms with E-state index in [0.717, 1.165) is 25.9 Å². The predicted octanol–water partition coefficient (Wildman–Crippen LogP) is 2.30. The lowest BCUT2D eigenvalue weighted by Crippen LogP contribution is -2.32. The summed E-state index contributed by atoms with van der Waals surface area (Å²) in [5.41, 5.74) is 1.18. The molecule has 20 heavy (non-hydrogen) atoms. The minimum absolute atomic E-state index is 0.314. The van der Waals surface area contributed by atoms with Crippen molar-refractivity contribution in [3.63, 3.8) is 0 Å². The maximum Gasteiger partial charge on any atom is 0.242 e. The number of aryl methyl sites for hydroxylation is 1. The molecule has 1 heterocycles. The lowest BCUT2D eigenvalue weighted by molar-refractivity contribution is 0.182. The highest BCUT2D eigenvalue weighted by molar-refractivity contribution is 7.89. The van der Waals surface area contributed by atoms with Crippen molar-refractivity contribution in [3.05, 3.63) is 29.8 Å². The second-order valence-electron chi connectivity index (χ2n) is 5.41. The monoisotopic (exact) mass is 297 g/mol. The Bertz CT molecular complexity index is 519. The highest BCUT2D eigenvalue weighted by atomic mass is 32.2.